The van der Waals surface area contributed by atoms with Gasteiger partial charge in [0.25, 0.3) is 6.08 Å². The summed E-state index contributed by atoms with van der Waals surface area (Å²) < 4.78 is 24.3. The molecule has 1 nitrogen and oxygen atoms in total. The van der Waals surface area contributed by atoms with Crippen LogP contribution in [0.25, 0.3) is 0 Å². The number of hydrogen-bond acceptors (Lipinski definition) is 3. The highest BCUT2D eigenvalue weighted by Gasteiger charge is 1.99. The van der Waals surface area contributed by atoms with Crippen LogP contribution >= 0.6 is 23.1 Å². The largest absolute Gasteiger partial charge is 0.391 e. The van der Waals surface area contributed by atoms with Gasteiger partial charge < -0.3 is 5.11 Å². The maximum Gasteiger partial charge on any atom is 0.266 e. The zero-order chi connectivity index (χ0) is 10.4. The first-order chi connectivity index (χ1) is 6.72. The van der Waals surface area contributed by atoms with Gasteiger partial charge in [-0.1, -0.05) is 0 Å². The molecule has 0 unspecified atom stereocenters. The Labute approximate surface area is 89.5 Å². The molecule has 0 aliphatic carbocycles. The number of allylic oxidation sites excluding steroid dienone is 1. The molecule has 5 heteroatoms. The van der Waals surface area contributed by atoms with Crippen molar-refractivity contribution in [2.24, 2.45) is 0 Å². The number of aliphatic hydroxyl groups is 1. The lowest BCUT2D eigenvalue weighted by molar-refractivity contribution is 0.285. The fourth-order valence-corrected chi connectivity index (χ4v) is 2.85. The molecule has 0 aliphatic heterocycles. The molecule has 0 aliphatic rings. The lowest BCUT2D eigenvalue weighted by Gasteiger charge is -1.93. The van der Waals surface area contributed by atoms with Crippen molar-refractivity contribution in [2.75, 3.05) is 5.75 Å². The summed E-state index contributed by atoms with van der Waals surface area (Å²) in [6.45, 7) is 0.0459. The van der Waals surface area contributed by atoms with Gasteiger partial charge in [0.15, 0.2) is 0 Å². The Bertz CT molecular complexity index is 306. The lowest BCUT2D eigenvalue weighted by atomic mass is 10.5. The number of thioether (sulfide) groups is 1. The molecule has 0 spiro atoms. The number of hydrogen-bond donors (Lipinski definition) is 1. The fraction of sp³-hybridized carbons (Fsp3) is 0.333. The second kappa shape index (κ2) is 6.16. The highest BCUT2D eigenvalue weighted by molar-refractivity contribution is 8.01. The van der Waals surface area contributed by atoms with Gasteiger partial charge in [-0.25, -0.2) is 0 Å². The van der Waals surface area contributed by atoms with Crippen LogP contribution in [0.5, 0.6) is 0 Å². The van der Waals surface area contributed by atoms with E-state index in [1.54, 1.807) is 0 Å². The molecule has 0 aromatic carbocycles. The molecule has 1 N–H and O–H groups in total. The summed E-state index contributed by atoms with van der Waals surface area (Å²) in [7, 11) is 0. The van der Waals surface area contributed by atoms with Crippen LogP contribution in [0, 0.1) is 0 Å². The minimum absolute atomic E-state index is 0.0459. The first-order valence-electron chi connectivity index (χ1n) is 4.06. The molecule has 0 saturated carbocycles. The molecule has 78 valence electrons. The van der Waals surface area contributed by atoms with E-state index in [0.29, 0.717) is 12.2 Å². The van der Waals surface area contributed by atoms with E-state index in [-0.39, 0.29) is 6.61 Å². The van der Waals surface area contributed by atoms with Gasteiger partial charge in [0.05, 0.1) is 10.8 Å². The van der Waals surface area contributed by atoms with E-state index in [1.807, 2.05) is 12.1 Å². The summed E-state index contributed by atoms with van der Waals surface area (Å²) in [5, 5.41) is 8.79. The normalized spacial score (nSPS) is 10.2. The predicted molar refractivity (Wildman–Crippen MR) is 55.9 cm³/mol. The highest BCUT2D eigenvalue weighted by Crippen LogP contribution is 2.27. The minimum atomic E-state index is -1.62. The van der Waals surface area contributed by atoms with Crippen LogP contribution in [0.1, 0.15) is 11.3 Å². The standard InChI is InChI=1S/C9H10F2OS2/c10-8(11)2-1-5-13-9-4-3-7(6-12)14-9/h2-4,12H,1,5-6H2. The third kappa shape index (κ3) is 4.21. The number of rotatable bonds is 5. The van der Waals surface area contributed by atoms with E-state index in [0.717, 1.165) is 15.2 Å². The topological polar surface area (TPSA) is 20.2 Å². The lowest BCUT2D eigenvalue weighted by Crippen LogP contribution is -1.73. The van der Waals surface area contributed by atoms with E-state index in [2.05, 4.69) is 0 Å². The Morgan fingerprint density at radius 3 is 2.86 bits per heavy atom. The molecule has 1 rings (SSSR count). The van der Waals surface area contributed by atoms with Crippen molar-refractivity contribution < 1.29 is 13.9 Å². The molecule has 1 aromatic rings. The van der Waals surface area contributed by atoms with E-state index in [4.69, 9.17) is 5.11 Å². The van der Waals surface area contributed by atoms with Gasteiger partial charge in [-0.05, 0) is 24.6 Å². The van der Waals surface area contributed by atoms with Crippen LogP contribution < -0.4 is 0 Å². The van der Waals surface area contributed by atoms with Crippen molar-refractivity contribution in [1.82, 2.24) is 0 Å². The Morgan fingerprint density at radius 2 is 2.29 bits per heavy atom. The first-order valence-corrected chi connectivity index (χ1v) is 5.86. The second-order valence-corrected chi connectivity index (χ2v) is 5.07. The van der Waals surface area contributed by atoms with Crippen LogP contribution in [0.15, 0.2) is 28.5 Å². The van der Waals surface area contributed by atoms with Crippen molar-refractivity contribution in [3.05, 3.63) is 29.2 Å². The third-order valence-corrected chi connectivity index (χ3v) is 3.78. The summed E-state index contributed by atoms with van der Waals surface area (Å²) in [6.07, 6.45) is -0.319. The Morgan fingerprint density at radius 1 is 1.50 bits per heavy atom. The van der Waals surface area contributed by atoms with Gasteiger partial charge in [-0.3, -0.25) is 0 Å². The fourth-order valence-electron chi connectivity index (χ4n) is 0.848. The quantitative estimate of drug-likeness (QED) is 0.623. The van der Waals surface area contributed by atoms with Crippen LogP contribution in [0.3, 0.4) is 0 Å². The van der Waals surface area contributed by atoms with Crippen molar-refractivity contribution in [3.8, 4) is 0 Å². The van der Waals surface area contributed by atoms with E-state index in [1.165, 1.54) is 23.1 Å². The smallest absolute Gasteiger partial charge is 0.266 e. The average molecular weight is 236 g/mol. The van der Waals surface area contributed by atoms with Crippen LogP contribution in [-0.4, -0.2) is 10.9 Å². The highest BCUT2D eigenvalue weighted by atomic mass is 32.2. The number of aliphatic hydroxyl groups excluding tert-OH is 1. The van der Waals surface area contributed by atoms with Crippen molar-refractivity contribution in [3.63, 3.8) is 0 Å². The molecular formula is C9H10F2OS2. The monoisotopic (exact) mass is 236 g/mol. The summed E-state index contributed by atoms with van der Waals surface area (Å²) in [5.74, 6) is 0.642. The van der Waals surface area contributed by atoms with Gasteiger partial charge in [-0.2, -0.15) is 8.78 Å². The summed E-state index contributed by atoms with van der Waals surface area (Å²) in [6, 6.07) is 3.75. The molecule has 0 atom stereocenters. The molecule has 1 heterocycles. The molecule has 0 saturated heterocycles. The average Bonchev–Trinajstić information content (AvgIpc) is 2.60. The number of halogens is 2. The SMILES string of the molecule is OCc1ccc(SCCC=C(F)F)s1. The molecule has 0 radical (unpaired) electrons. The van der Waals surface area contributed by atoms with Crippen molar-refractivity contribution in [1.29, 1.82) is 0 Å². The Kier molecular flexibility index (Phi) is 5.14. The molecule has 0 bridgehead atoms. The Balaban J connectivity index is 2.28. The molecule has 14 heavy (non-hydrogen) atoms. The van der Waals surface area contributed by atoms with Crippen molar-refractivity contribution in [2.45, 2.75) is 17.2 Å². The molecule has 0 amide bonds. The van der Waals surface area contributed by atoms with E-state index < -0.39 is 6.08 Å². The van der Waals surface area contributed by atoms with Crippen LogP contribution in [0.2, 0.25) is 0 Å². The van der Waals surface area contributed by atoms with Crippen LogP contribution in [-0.2, 0) is 6.61 Å². The maximum absolute atomic E-state index is 11.6. The minimum Gasteiger partial charge on any atom is -0.391 e. The molecular weight excluding hydrogens is 226 g/mol. The van der Waals surface area contributed by atoms with Gasteiger partial charge in [0.2, 0.25) is 0 Å². The molecule has 1 aromatic heterocycles. The number of thiophene rings is 1. The van der Waals surface area contributed by atoms with Gasteiger partial charge >= 0.3 is 0 Å². The predicted octanol–water partition coefficient (Wildman–Crippen LogP) is 3.50. The summed E-state index contributed by atoms with van der Waals surface area (Å²) in [5.41, 5.74) is 0. The van der Waals surface area contributed by atoms with Gasteiger partial charge in [0.1, 0.15) is 0 Å². The van der Waals surface area contributed by atoms with E-state index >= 15 is 0 Å². The van der Waals surface area contributed by atoms with Crippen LogP contribution in [0.4, 0.5) is 8.78 Å². The van der Waals surface area contributed by atoms with Gasteiger partial charge in [0, 0.05) is 10.6 Å². The zero-order valence-corrected chi connectivity index (χ0v) is 9.01. The second-order valence-electron chi connectivity index (χ2n) is 2.51. The summed E-state index contributed by atoms with van der Waals surface area (Å²) >= 11 is 3.02. The first kappa shape index (κ1) is 11.7. The van der Waals surface area contributed by atoms with Crippen molar-refractivity contribution >= 4 is 23.1 Å². The van der Waals surface area contributed by atoms with Gasteiger partial charge in [-0.15, -0.1) is 23.1 Å². The third-order valence-electron chi connectivity index (χ3n) is 1.45. The maximum atomic E-state index is 11.6. The van der Waals surface area contributed by atoms with E-state index in [9.17, 15) is 8.78 Å². The molecule has 0 fully saturated rings. The zero-order valence-electron chi connectivity index (χ0n) is 7.37. The summed E-state index contributed by atoms with van der Waals surface area (Å²) in [4.78, 5) is 0.903. The Hall–Kier alpha value is -0.390.